The molecule has 0 radical (unpaired) electrons. The summed E-state index contributed by atoms with van der Waals surface area (Å²) in [5.41, 5.74) is 0. The van der Waals surface area contributed by atoms with E-state index in [9.17, 15) is 8.42 Å². The molecular weight excluding hydrogens is 188 g/mol. The van der Waals surface area contributed by atoms with Gasteiger partial charge >= 0.3 is 0 Å². The Morgan fingerprint density at radius 2 is 2.00 bits per heavy atom. The molecule has 1 fully saturated rings. The van der Waals surface area contributed by atoms with Crippen LogP contribution in [0.25, 0.3) is 0 Å². The molecule has 1 rings (SSSR count). The van der Waals surface area contributed by atoms with Gasteiger partial charge in [-0.15, -0.1) is 0 Å². The highest BCUT2D eigenvalue weighted by atomic mass is 32.2. The molecule has 1 aliphatic carbocycles. The highest BCUT2D eigenvalue weighted by molar-refractivity contribution is 7.89. The maximum Gasteiger partial charge on any atom is 0.211 e. The number of sulfonamides is 1. The van der Waals surface area contributed by atoms with E-state index in [1.165, 1.54) is 12.8 Å². The molecule has 0 aromatic carbocycles. The van der Waals surface area contributed by atoms with Crippen molar-refractivity contribution in [2.24, 2.45) is 0 Å². The molecule has 0 aliphatic heterocycles. The van der Waals surface area contributed by atoms with Gasteiger partial charge in [-0.05, 0) is 32.7 Å². The molecule has 0 saturated heterocycles. The molecule has 0 spiro atoms. The summed E-state index contributed by atoms with van der Waals surface area (Å²) in [7, 11) is -2.98. The molecule has 0 amide bonds. The van der Waals surface area contributed by atoms with Crippen molar-refractivity contribution >= 4 is 10.0 Å². The third-order valence-electron chi connectivity index (χ3n) is 2.07. The largest absolute Gasteiger partial charge is 0.314 e. The molecule has 78 valence electrons. The Hall–Kier alpha value is -0.130. The first-order valence-corrected chi connectivity index (χ1v) is 6.50. The highest BCUT2D eigenvalue weighted by Crippen LogP contribution is 2.18. The molecule has 0 aromatic rings. The predicted molar refractivity (Wildman–Crippen MR) is 53.1 cm³/mol. The van der Waals surface area contributed by atoms with Crippen molar-refractivity contribution in [1.29, 1.82) is 0 Å². The molecule has 5 heteroatoms. The van der Waals surface area contributed by atoms with Crippen molar-refractivity contribution in [3.63, 3.8) is 0 Å². The fourth-order valence-corrected chi connectivity index (χ4v) is 1.67. The number of hydrogen-bond acceptors (Lipinski definition) is 3. The van der Waals surface area contributed by atoms with E-state index >= 15 is 0 Å². The van der Waals surface area contributed by atoms with Crippen LogP contribution in [0.15, 0.2) is 0 Å². The van der Waals surface area contributed by atoms with Gasteiger partial charge in [0.25, 0.3) is 0 Å². The maximum atomic E-state index is 11.0. The van der Waals surface area contributed by atoms with Gasteiger partial charge in [0.15, 0.2) is 0 Å². The van der Waals surface area contributed by atoms with Crippen molar-refractivity contribution < 1.29 is 8.42 Å². The van der Waals surface area contributed by atoms with Gasteiger partial charge in [0.05, 0.1) is 5.75 Å². The van der Waals surface area contributed by atoms with Crippen LogP contribution in [-0.4, -0.2) is 33.3 Å². The minimum atomic E-state index is -2.98. The average Bonchev–Trinajstić information content (AvgIpc) is 2.87. The van der Waals surface area contributed by atoms with E-state index < -0.39 is 10.0 Å². The molecule has 4 nitrogen and oxygen atoms in total. The van der Waals surface area contributed by atoms with Crippen LogP contribution in [0, 0.1) is 0 Å². The van der Waals surface area contributed by atoms with Crippen LogP contribution in [0.2, 0.25) is 0 Å². The molecule has 0 aromatic heterocycles. The summed E-state index contributed by atoms with van der Waals surface area (Å²) >= 11 is 0. The zero-order chi connectivity index (χ0) is 9.73. The van der Waals surface area contributed by atoms with E-state index in [2.05, 4.69) is 10.0 Å². The predicted octanol–water partition coefficient (Wildman–Crippen LogP) is 0.0678. The molecule has 1 saturated carbocycles. The fourth-order valence-electron chi connectivity index (χ4n) is 1.01. The lowest BCUT2D eigenvalue weighted by molar-refractivity contribution is 0.574. The van der Waals surface area contributed by atoms with Gasteiger partial charge in [0.2, 0.25) is 10.0 Å². The van der Waals surface area contributed by atoms with E-state index in [1.54, 1.807) is 6.92 Å². The molecule has 0 unspecified atom stereocenters. The first-order chi connectivity index (χ1) is 6.14. The Morgan fingerprint density at radius 1 is 1.31 bits per heavy atom. The molecule has 2 N–H and O–H groups in total. The Morgan fingerprint density at radius 3 is 2.54 bits per heavy atom. The van der Waals surface area contributed by atoms with Crippen LogP contribution >= 0.6 is 0 Å². The first kappa shape index (κ1) is 10.9. The van der Waals surface area contributed by atoms with Crippen LogP contribution in [0.3, 0.4) is 0 Å². The van der Waals surface area contributed by atoms with Gasteiger partial charge in [0.1, 0.15) is 0 Å². The SMILES string of the molecule is CCS(=O)(=O)NCCCNC1CC1. The summed E-state index contributed by atoms with van der Waals surface area (Å²) < 4.78 is 24.5. The average molecular weight is 206 g/mol. The molecule has 0 bridgehead atoms. The summed E-state index contributed by atoms with van der Waals surface area (Å²) in [4.78, 5) is 0. The van der Waals surface area contributed by atoms with Gasteiger partial charge < -0.3 is 5.32 Å². The minimum absolute atomic E-state index is 0.170. The van der Waals surface area contributed by atoms with E-state index in [0.29, 0.717) is 12.6 Å². The summed E-state index contributed by atoms with van der Waals surface area (Å²) in [6.45, 7) is 3.11. The van der Waals surface area contributed by atoms with Crippen molar-refractivity contribution in [1.82, 2.24) is 10.0 Å². The summed E-state index contributed by atoms with van der Waals surface area (Å²) in [5, 5.41) is 3.33. The topological polar surface area (TPSA) is 58.2 Å². The highest BCUT2D eigenvalue weighted by Gasteiger charge is 2.19. The van der Waals surface area contributed by atoms with Crippen LogP contribution < -0.4 is 10.0 Å². The van der Waals surface area contributed by atoms with Gasteiger partial charge in [0, 0.05) is 12.6 Å². The van der Waals surface area contributed by atoms with E-state index in [-0.39, 0.29) is 5.75 Å². The third-order valence-corrected chi connectivity index (χ3v) is 3.47. The maximum absolute atomic E-state index is 11.0. The Balaban J connectivity index is 1.93. The Bertz CT molecular complexity index is 235. The first-order valence-electron chi connectivity index (χ1n) is 4.85. The van der Waals surface area contributed by atoms with E-state index in [4.69, 9.17) is 0 Å². The zero-order valence-electron chi connectivity index (χ0n) is 8.04. The molecule has 0 atom stereocenters. The van der Waals surface area contributed by atoms with Crippen molar-refractivity contribution in [3.05, 3.63) is 0 Å². The van der Waals surface area contributed by atoms with E-state index in [1.807, 2.05) is 0 Å². The van der Waals surface area contributed by atoms with Crippen LogP contribution in [0.4, 0.5) is 0 Å². The Kier molecular flexibility index (Phi) is 4.15. The normalized spacial score (nSPS) is 17.6. The lowest BCUT2D eigenvalue weighted by Gasteiger charge is -2.04. The smallest absolute Gasteiger partial charge is 0.211 e. The van der Waals surface area contributed by atoms with Crippen LogP contribution in [0.5, 0.6) is 0 Å². The summed E-state index contributed by atoms with van der Waals surface area (Å²) in [6.07, 6.45) is 3.43. The second-order valence-corrected chi connectivity index (χ2v) is 5.48. The number of nitrogens with one attached hydrogen (secondary N) is 2. The lowest BCUT2D eigenvalue weighted by atomic mass is 10.4. The fraction of sp³-hybridized carbons (Fsp3) is 1.00. The van der Waals surface area contributed by atoms with Gasteiger partial charge in [-0.25, -0.2) is 13.1 Å². The summed E-state index contributed by atoms with van der Waals surface area (Å²) in [6, 6.07) is 0.711. The monoisotopic (exact) mass is 206 g/mol. The van der Waals surface area contributed by atoms with Crippen LogP contribution in [-0.2, 0) is 10.0 Å². The van der Waals surface area contributed by atoms with E-state index in [0.717, 1.165) is 13.0 Å². The van der Waals surface area contributed by atoms with Gasteiger partial charge in [-0.3, -0.25) is 0 Å². The third kappa shape index (κ3) is 5.23. The molecule has 0 heterocycles. The second-order valence-electron chi connectivity index (χ2n) is 3.38. The van der Waals surface area contributed by atoms with Gasteiger partial charge in [-0.1, -0.05) is 0 Å². The summed E-state index contributed by atoms with van der Waals surface area (Å²) in [5.74, 6) is 0.170. The molecule has 1 aliphatic rings. The van der Waals surface area contributed by atoms with Crippen LogP contribution in [0.1, 0.15) is 26.2 Å². The number of rotatable bonds is 7. The standard InChI is InChI=1S/C8H18N2O2S/c1-2-13(11,12)10-7-3-6-9-8-4-5-8/h8-10H,2-7H2,1H3. The van der Waals surface area contributed by atoms with Crippen molar-refractivity contribution in [2.75, 3.05) is 18.8 Å². The second kappa shape index (κ2) is 4.93. The zero-order valence-corrected chi connectivity index (χ0v) is 8.86. The quantitative estimate of drug-likeness (QED) is 0.579. The van der Waals surface area contributed by atoms with Crippen molar-refractivity contribution in [2.45, 2.75) is 32.2 Å². The van der Waals surface area contributed by atoms with Gasteiger partial charge in [-0.2, -0.15) is 0 Å². The number of hydrogen-bond donors (Lipinski definition) is 2. The Labute approximate surface area is 80.1 Å². The van der Waals surface area contributed by atoms with Crippen molar-refractivity contribution in [3.8, 4) is 0 Å². The minimum Gasteiger partial charge on any atom is -0.314 e. The molecule has 13 heavy (non-hydrogen) atoms. The molecular formula is C8H18N2O2S. The lowest BCUT2D eigenvalue weighted by Crippen LogP contribution is -2.29.